The van der Waals surface area contributed by atoms with Crippen molar-refractivity contribution in [1.82, 2.24) is 14.3 Å². The van der Waals surface area contributed by atoms with Crippen molar-refractivity contribution in [2.24, 2.45) is 0 Å². The Morgan fingerprint density at radius 3 is 2.04 bits per heavy atom. The van der Waals surface area contributed by atoms with Gasteiger partial charge in [-0.2, -0.15) is 4.31 Å². The zero-order chi connectivity index (χ0) is 19.4. The fourth-order valence-electron chi connectivity index (χ4n) is 3.73. The minimum absolute atomic E-state index is 0.132. The third-order valence-electron chi connectivity index (χ3n) is 5.69. The van der Waals surface area contributed by atoms with Gasteiger partial charge in [0.15, 0.2) is 0 Å². The minimum Gasteiger partial charge on any atom is -0.311 e. The third-order valence-corrected chi connectivity index (χ3v) is 7.81. The molecule has 2 heterocycles. The van der Waals surface area contributed by atoms with Crippen molar-refractivity contribution in [3.05, 3.63) is 55.3 Å². The number of H-pyrrole nitrogens is 1. The van der Waals surface area contributed by atoms with Crippen molar-refractivity contribution in [2.75, 3.05) is 6.54 Å². The monoisotopic (exact) mass is 375 g/mol. The number of nitrogens with one attached hydrogen (secondary N) is 1. The molecule has 0 aliphatic carbocycles. The van der Waals surface area contributed by atoms with E-state index in [1.54, 1.807) is 6.92 Å². The number of benzene rings is 1. The van der Waals surface area contributed by atoms with Crippen LogP contribution >= 0.6 is 0 Å². The highest BCUT2D eigenvalue weighted by Crippen LogP contribution is 2.33. The Kier molecular flexibility index (Phi) is 4.56. The van der Waals surface area contributed by atoms with Crippen molar-refractivity contribution < 1.29 is 8.42 Å². The number of aromatic amines is 1. The summed E-state index contributed by atoms with van der Waals surface area (Å²) in [6, 6.07) is 0. The topological polar surface area (TPSA) is 83.1 Å². The molecule has 1 aromatic carbocycles. The summed E-state index contributed by atoms with van der Waals surface area (Å²) in [4.78, 5) is 19.5. The lowest BCUT2D eigenvalue weighted by atomic mass is 9.95. The zero-order valence-electron chi connectivity index (χ0n) is 16.1. The second-order valence-electron chi connectivity index (χ2n) is 7.12. The fraction of sp³-hybridized carbons (Fsp3) is 0.474. The SMILES string of the molecule is Cc1nc2c(c(=O)[nH]1)CCN(S(=O)(=O)c1c(C)c(C)c(C)c(C)c1C)C2. The average Bonchev–Trinajstić information content (AvgIpc) is 2.57. The van der Waals surface area contributed by atoms with Gasteiger partial charge in [0.05, 0.1) is 17.1 Å². The Morgan fingerprint density at radius 1 is 0.923 bits per heavy atom. The number of nitrogens with zero attached hydrogens (tertiary/aromatic N) is 2. The molecule has 1 aromatic heterocycles. The van der Waals surface area contributed by atoms with Gasteiger partial charge in [0.25, 0.3) is 5.56 Å². The number of hydrogen-bond acceptors (Lipinski definition) is 4. The largest absolute Gasteiger partial charge is 0.311 e. The first-order chi connectivity index (χ1) is 12.1. The predicted octanol–water partition coefficient (Wildman–Crippen LogP) is 2.37. The van der Waals surface area contributed by atoms with Gasteiger partial charge in [0.2, 0.25) is 10.0 Å². The Bertz CT molecular complexity index is 1040. The Labute approximate surface area is 154 Å². The van der Waals surface area contributed by atoms with Crippen LogP contribution in [0, 0.1) is 41.5 Å². The molecule has 0 bridgehead atoms. The molecule has 1 aliphatic rings. The van der Waals surface area contributed by atoms with E-state index in [0.29, 0.717) is 28.4 Å². The van der Waals surface area contributed by atoms with Crippen LogP contribution in [0.25, 0.3) is 0 Å². The lowest BCUT2D eigenvalue weighted by Crippen LogP contribution is -2.39. The molecule has 6 nitrogen and oxygen atoms in total. The van der Waals surface area contributed by atoms with Crippen LogP contribution in [0.15, 0.2) is 9.69 Å². The second-order valence-corrected chi connectivity index (χ2v) is 8.99. The van der Waals surface area contributed by atoms with E-state index >= 15 is 0 Å². The molecule has 1 N–H and O–H groups in total. The fourth-order valence-corrected chi connectivity index (χ4v) is 5.69. The molecule has 0 amide bonds. The van der Waals surface area contributed by atoms with Crippen LogP contribution in [0.5, 0.6) is 0 Å². The summed E-state index contributed by atoms with van der Waals surface area (Å²) < 4.78 is 28.3. The van der Waals surface area contributed by atoms with Gasteiger partial charge in [-0.05, 0) is 75.8 Å². The van der Waals surface area contributed by atoms with Gasteiger partial charge in [-0.1, -0.05) is 0 Å². The predicted molar refractivity (Wildman–Crippen MR) is 101 cm³/mol. The zero-order valence-corrected chi connectivity index (χ0v) is 17.0. The Hall–Kier alpha value is -1.99. The average molecular weight is 375 g/mol. The first-order valence-corrected chi connectivity index (χ1v) is 10.2. The van der Waals surface area contributed by atoms with E-state index < -0.39 is 10.0 Å². The number of sulfonamides is 1. The standard InChI is InChI=1S/C19H25N3O3S/c1-10-11(2)13(4)18(14(5)12(10)3)26(24,25)22-8-7-16-17(9-22)20-15(6)21-19(16)23/h7-9H2,1-6H3,(H,20,21,23). The summed E-state index contributed by atoms with van der Waals surface area (Å²) in [5.41, 5.74) is 5.72. The summed E-state index contributed by atoms with van der Waals surface area (Å²) in [6.07, 6.45) is 0.374. The second kappa shape index (κ2) is 6.32. The van der Waals surface area contributed by atoms with Crippen LogP contribution < -0.4 is 5.56 Å². The summed E-state index contributed by atoms with van der Waals surface area (Å²) in [5, 5.41) is 0. The number of aromatic nitrogens is 2. The van der Waals surface area contributed by atoms with E-state index in [0.717, 1.165) is 27.8 Å². The molecule has 7 heteroatoms. The molecule has 3 rings (SSSR count). The van der Waals surface area contributed by atoms with Crippen LogP contribution in [-0.4, -0.2) is 29.2 Å². The van der Waals surface area contributed by atoms with Crippen molar-refractivity contribution in [3.8, 4) is 0 Å². The molecule has 26 heavy (non-hydrogen) atoms. The van der Waals surface area contributed by atoms with Crippen LogP contribution in [0.1, 0.15) is 44.9 Å². The maximum absolute atomic E-state index is 13.4. The molecule has 140 valence electrons. The normalized spacial score (nSPS) is 15.2. The van der Waals surface area contributed by atoms with Crippen molar-refractivity contribution in [1.29, 1.82) is 0 Å². The summed E-state index contributed by atoms with van der Waals surface area (Å²) in [6.45, 7) is 11.8. The van der Waals surface area contributed by atoms with Gasteiger partial charge in [-0.3, -0.25) is 4.79 Å². The highest BCUT2D eigenvalue weighted by Gasteiger charge is 2.33. The molecule has 0 saturated heterocycles. The lowest BCUT2D eigenvalue weighted by molar-refractivity contribution is 0.382. The van der Waals surface area contributed by atoms with E-state index in [2.05, 4.69) is 9.97 Å². The number of fused-ring (bicyclic) bond motifs is 1. The highest BCUT2D eigenvalue weighted by atomic mass is 32.2. The molecular formula is C19H25N3O3S. The first kappa shape index (κ1) is 18.8. The number of hydrogen-bond donors (Lipinski definition) is 1. The van der Waals surface area contributed by atoms with Crippen LogP contribution in [0.4, 0.5) is 0 Å². The van der Waals surface area contributed by atoms with Crippen LogP contribution in [-0.2, 0) is 23.0 Å². The molecule has 0 fully saturated rings. The number of rotatable bonds is 2. The molecular weight excluding hydrogens is 350 g/mol. The quantitative estimate of drug-likeness (QED) is 0.873. The van der Waals surface area contributed by atoms with E-state index in [4.69, 9.17) is 0 Å². The Morgan fingerprint density at radius 2 is 1.46 bits per heavy atom. The van der Waals surface area contributed by atoms with Gasteiger partial charge < -0.3 is 4.98 Å². The Balaban J connectivity index is 2.13. The van der Waals surface area contributed by atoms with Gasteiger partial charge in [0.1, 0.15) is 5.82 Å². The van der Waals surface area contributed by atoms with Gasteiger partial charge in [0, 0.05) is 12.1 Å². The first-order valence-electron chi connectivity index (χ1n) is 8.71. The van der Waals surface area contributed by atoms with Gasteiger partial charge >= 0.3 is 0 Å². The third kappa shape index (κ3) is 2.79. The van der Waals surface area contributed by atoms with Crippen LogP contribution in [0.3, 0.4) is 0 Å². The molecule has 0 saturated carbocycles. The van der Waals surface area contributed by atoms with E-state index in [9.17, 15) is 13.2 Å². The van der Waals surface area contributed by atoms with Gasteiger partial charge in [-0.15, -0.1) is 0 Å². The summed E-state index contributed by atoms with van der Waals surface area (Å²) >= 11 is 0. The summed E-state index contributed by atoms with van der Waals surface area (Å²) in [5.74, 6) is 0.502. The van der Waals surface area contributed by atoms with E-state index in [-0.39, 0.29) is 18.6 Å². The van der Waals surface area contributed by atoms with Crippen molar-refractivity contribution in [2.45, 2.75) is 59.4 Å². The number of aryl methyl sites for hydroxylation is 1. The molecule has 1 aliphatic heterocycles. The van der Waals surface area contributed by atoms with Crippen LogP contribution in [0.2, 0.25) is 0 Å². The lowest BCUT2D eigenvalue weighted by Gasteiger charge is -2.29. The molecule has 0 unspecified atom stereocenters. The smallest absolute Gasteiger partial charge is 0.254 e. The molecule has 0 spiro atoms. The van der Waals surface area contributed by atoms with E-state index in [1.807, 2.05) is 34.6 Å². The maximum Gasteiger partial charge on any atom is 0.254 e. The molecule has 0 atom stereocenters. The van der Waals surface area contributed by atoms with Crippen molar-refractivity contribution in [3.63, 3.8) is 0 Å². The molecule has 2 aromatic rings. The molecule has 0 radical (unpaired) electrons. The van der Waals surface area contributed by atoms with Crippen molar-refractivity contribution >= 4 is 10.0 Å². The van der Waals surface area contributed by atoms with E-state index in [1.165, 1.54) is 4.31 Å². The summed E-state index contributed by atoms with van der Waals surface area (Å²) in [7, 11) is -3.67. The van der Waals surface area contributed by atoms with Gasteiger partial charge in [-0.25, -0.2) is 13.4 Å². The maximum atomic E-state index is 13.4. The highest BCUT2D eigenvalue weighted by molar-refractivity contribution is 7.89. The minimum atomic E-state index is -3.67.